The van der Waals surface area contributed by atoms with Crippen molar-refractivity contribution in [3.63, 3.8) is 0 Å². The molecule has 1 fully saturated rings. The Morgan fingerprint density at radius 1 is 0.906 bits per heavy atom. The van der Waals surface area contributed by atoms with Crippen molar-refractivity contribution >= 4 is 11.8 Å². The van der Waals surface area contributed by atoms with Crippen LogP contribution in [0.25, 0.3) is 0 Å². The van der Waals surface area contributed by atoms with E-state index in [2.05, 4.69) is 16.0 Å². The molecule has 2 amide bonds. The summed E-state index contributed by atoms with van der Waals surface area (Å²) < 4.78 is 49.2. The second-order valence-electron chi connectivity index (χ2n) is 7.69. The summed E-state index contributed by atoms with van der Waals surface area (Å²) in [5.41, 5.74) is 0.398. The first-order chi connectivity index (χ1) is 15.3. The molecule has 1 unspecified atom stereocenters. The van der Waals surface area contributed by atoms with Gasteiger partial charge in [0, 0.05) is 26.2 Å². The second kappa shape index (κ2) is 9.07. The van der Waals surface area contributed by atoms with Gasteiger partial charge in [0.25, 0.3) is 0 Å². The van der Waals surface area contributed by atoms with Crippen molar-refractivity contribution in [2.45, 2.75) is 19.3 Å². The van der Waals surface area contributed by atoms with Gasteiger partial charge in [0.1, 0.15) is 0 Å². The van der Waals surface area contributed by atoms with E-state index in [1.54, 1.807) is 12.1 Å². The molecule has 1 saturated heterocycles. The molecule has 32 heavy (non-hydrogen) atoms. The van der Waals surface area contributed by atoms with Gasteiger partial charge in [-0.15, -0.1) is 0 Å². The van der Waals surface area contributed by atoms with Crippen LogP contribution >= 0.6 is 0 Å². The van der Waals surface area contributed by atoms with E-state index in [9.17, 15) is 22.8 Å². The van der Waals surface area contributed by atoms with Crippen molar-refractivity contribution in [2.75, 3.05) is 19.9 Å². The number of carbonyl (C=O) groups excluding carboxylic acids is 2. The Hall–Kier alpha value is -3.27. The topological polar surface area (TPSA) is 88.7 Å². The molecular weight excluding hydrogens is 427 g/mol. The van der Waals surface area contributed by atoms with E-state index >= 15 is 0 Å². The number of rotatable bonds is 6. The highest BCUT2D eigenvalue weighted by molar-refractivity contribution is 5.88. The Bertz CT molecular complexity index is 1010. The molecule has 2 heterocycles. The van der Waals surface area contributed by atoms with Crippen LogP contribution in [0.2, 0.25) is 0 Å². The van der Waals surface area contributed by atoms with Gasteiger partial charge >= 0.3 is 6.18 Å². The summed E-state index contributed by atoms with van der Waals surface area (Å²) in [5.74, 6) is -0.575. The lowest BCUT2D eigenvalue weighted by atomic mass is 9.94. The standard InChI is InChI=1S/C22H22F3N3O4/c23-22(24,25)15-3-1-2-13(6-15)8-27-20(29)16-10-26-11-17(16)21(30)28-9-14-4-5-18-19(7-14)32-12-31-18/h1-7,16-17,26H,8-12H2,(H,27,29)(H,28,30)/t16?,17-/m0/s1. The minimum Gasteiger partial charge on any atom is -0.454 e. The second-order valence-corrected chi connectivity index (χ2v) is 7.69. The van der Waals surface area contributed by atoms with E-state index in [1.165, 1.54) is 12.1 Å². The highest BCUT2D eigenvalue weighted by atomic mass is 19.4. The van der Waals surface area contributed by atoms with Crippen molar-refractivity contribution in [3.8, 4) is 11.5 Å². The van der Waals surface area contributed by atoms with E-state index < -0.39 is 23.6 Å². The summed E-state index contributed by atoms with van der Waals surface area (Å²) >= 11 is 0. The molecule has 170 valence electrons. The molecular formula is C22H22F3N3O4. The van der Waals surface area contributed by atoms with Crippen LogP contribution in [0.3, 0.4) is 0 Å². The average molecular weight is 449 g/mol. The number of amides is 2. The summed E-state index contributed by atoms with van der Waals surface area (Å²) in [6.45, 7) is 1.04. The Kier molecular flexibility index (Phi) is 6.22. The number of hydrogen-bond acceptors (Lipinski definition) is 5. The first-order valence-corrected chi connectivity index (χ1v) is 10.1. The number of ether oxygens (including phenoxy) is 2. The third-order valence-electron chi connectivity index (χ3n) is 5.51. The molecule has 0 spiro atoms. The maximum Gasteiger partial charge on any atom is 0.416 e. The summed E-state index contributed by atoms with van der Waals surface area (Å²) in [6.07, 6.45) is -4.45. The molecule has 7 nitrogen and oxygen atoms in total. The summed E-state index contributed by atoms with van der Waals surface area (Å²) in [6, 6.07) is 10.2. The molecule has 2 atom stereocenters. The van der Waals surface area contributed by atoms with Gasteiger partial charge in [-0.1, -0.05) is 18.2 Å². The van der Waals surface area contributed by atoms with Crippen molar-refractivity contribution in [3.05, 3.63) is 59.2 Å². The van der Waals surface area contributed by atoms with Crippen molar-refractivity contribution in [1.82, 2.24) is 16.0 Å². The van der Waals surface area contributed by atoms with Gasteiger partial charge in [0.2, 0.25) is 18.6 Å². The van der Waals surface area contributed by atoms with Gasteiger partial charge < -0.3 is 25.4 Å². The smallest absolute Gasteiger partial charge is 0.416 e. The zero-order valence-electron chi connectivity index (χ0n) is 17.0. The fraction of sp³-hybridized carbons (Fsp3) is 0.364. The maximum absolute atomic E-state index is 12.9. The van der Waals surface area contributed by atoms with Crippen LogP contribution in [0.15, 0.2) is 42.5 Å². The first-order valence-electron chi connectivity index (χ1n) is 10.1. The maximum atomic E-state index is 12.9. The largest absolute Gasteiger partial charge is 0.454 e. The van der Waals surface area contributed by atoms with Crippen molar-refractivity contribution in [1.29, 1.82) is 0 Å². The molecule has 3 N–H and O–H groups in total. The third kappa shape index (κ3) is 4.96. The zero-order valence-corrected chi connectivity index (χ0v) is 17.0. The molecule has 0 bridgehead atoms. The van der Waals surface area contributed by atoms with E-state index in [0.717, 1.165) is 17.7 Å². The van der Waals surface area contributed by atoms with Crippen LogP contribution in [-0.2, 0) is 28.9 Å². The average Bonchev–Trinajstić information content (AvgIpc) is 3.44. The van der Waals surface area contributed by atoms with Gasteiger partial charge in [0.05, 0.1) is 17.4 Å². The minimum atomic E-state index is -4.45. The number of benzene rings is 2. The SMILES string of the molecule is O=C(NCc1cccc(C(F)(F)F)c1)C1CNC[C@@H]1C(=O)NCc1ccc2c(c1)OCO2. The normalized spacial score (nSPS) is 19.6. The summed E-state index contributed by atoms with van der Waals surface area (Å²) in [5, 5.41) is 8.52. The number of nitrogens with one attached hydrogen (secondary N) is 3. The van der Waals surface area contributed by atoms with Crippen LogP contribution in [0.5, 0.6) is 11.5 Å². The number of carbonyl (C=O) groups is 2. The van der Waals surface area contributed by atoms with E-state index in [1.807, 2.05) is 6.07 Å². The van der Waals surface area contributed by atoms with E-state index in [4.69, 9.17) is 9.47 Å². The predicted octanol–water partition coefficient (Wildman–Crippen LogP) is 2.20. The zero-order chi connectivity index (χ0) is 22.7. The molecule has 2 aliphatic heterocycles. The molecule has 0 aromatic heterocycles. The highest BCUT2D eigenvalue weighted by Crippen LogP contribution is 2.32. The first kappa shape index (κ1) is 21.9. The van der Waals surface area contributed by atoms with Gasteiger partial charge in [-0.25, -0.2) is 0 Å². The fourth-order valence-corrected chi connectivity index (χ4v) is 3.78. The van der Waals surface area contributed by atoms with Crippen molar-refractivity contribution < 1.29 is 32.2 Å². The Morgan fingerprint density at radius 2 is 1.53 bits per heavy atom. The minimum absolute atomic E-state index is 0.0508. The molecule has 4 rings (SSSR count). The predicted molar refractivity (Wildman–Crippen MR) is 108 cm³/mol. The van der Waals surface area contributed by atoms with Crippen LogP contribution in [-0.4, -0.2) is 31.7 Å². The molecule has 10 heteroatoms. The van der Waals surface area contributed by atoms with Gasteiger partial charge in [-0.2, -0.15) is 13.2 Å². The lowest BCUT2D eigenvalue weighted by Gasteiger charge is -2.18. The van der Waals surface area contributed by atoms with Gasteiger partial charge in [0.15, 0.2) is 11.5 Å². The Balaban J connectivity index is 1.31. The Labute approximate surface area is 182 Å². The number of fused-ring (bicyclic) bond motifs is 1. The number of alkyl halides is 3. The van der Waals surface area contributed by atoms with Crippen LogP contribution < -0.4 is 25.4 Å². The molecule has 2 aliphatic rings. The monoisotopic (exact) mass is 449 g/mol. The highest BCUT2D eigenvalue weighted by Gasteiger charge is 2.37. The van der Waals surface area contributed by atoms with Crippen LogP contribution in [0, 0.1) is 11.8 Å². The van der Waals surface area contributed by atoms with Gasteiger partial charge in [-0.05, 0) is 35.4 Å². The van der Waals surface area contributed by atoms with Crippen molar-refractivity contribution in [2.24, 2.45) is 11.8 Å². The Morgan fingerprint density at radius 3 is 2.19 bits per heavy atom. The number of hydrogen-bond donors (Lipinski definition) is 3. The number of halogens is 3. The molecule has 2 aromatic carbocycles. The lowest BCUT2D eigenvalue weighted by Crippen LogP contribution is -2.41. The van der Waals surface area contributed by atoms with Crippen LogP contribution in [0.1, 0.15) is 16.7 Å². The lowest BCUT2D eigenvalue weighted by molar-refractivity contribution is -0.137. The summed E-state index contributed by atoms with van der Waals surface area (Å²) in [4.78, 5) is 25.3. The van der Waals surface area contributed by atoms with Gasteiger partial charge in [-0.3, -0.25) is 9.59 Å². The third-order valence-corrected chi connectivity index (χ3v) is 5.51. The van der Waals surface area contributed by atoms with Crippen LogP contribution in [0.4, 0.5) is 13.2 Å². The molecule has 0 saturated carbocycles. The fourth-order valence-electron chi connectivity index (χ4n) is 3.78. The van der Waals surface area contributed by atoms with E-state index in [0.29, 0.717) is 30.2 Å². The quantitative estimate of drug-likeness (QED) is 0.630. The summed E-state index contributed by atoms with van der Waals surface area (Å²) in [7, 11) is 0. The van der Waals surface area contributed by atoms with E-state index in [-0.39, 0.29) is 31.7 Å². The molecule has 0 radical (unpaired) electrons. The molecule has 2 aromatic rings. The molecule has 0 aliphatic carbocycles.